The molecule has 1 N–H and O–H groups in total. The van der Waals surface area contributed by atoms with Crippen molar-refractivity contribution in [2.45, 2.75) is 44.8 Å². The number of rotatable bonds is 2. The van der Waals surface area contributed by atoms with E-state index in [4.69, 9.17) is 4.74 Å². The van der Waals surface area contributed by atoms with Crippen LogP contribution >= 0.6 is 0 Å². The second-order valence-corrected chi connectivity index (χ2v) is 3.63. The molecule has 1 saturated heterocycles. The molecule has 0 amide bonds. The summed E-state index contributed by atoms with van der Waals surface area (Å²) in [5.74, 6) is 0. The van der Waals surface area contributed by atoms with Crippen molar-refractivity contribution in [1.82, 2.24) is 5.32 Å². The van der Waals surface area contributed by atoms with Crippen LogP contribution in [0, 0.1) is 0 Å². The second-order valence-electron chi connectivity index (χ2n) is 3.63. The Kier molecular flexibility index (Phi) is 2.90. The zero-order chi connectivity index (χ0) is 8.32. The molecular weight excluding hydrogens is 138 g/mol. The molecule has 11 heavy (non-hydrogen) atoms. The lowest BCUT2D eigenvalue weighted by Crippen LogP contribution is -2.43. The molecule has 0 bridgehead atoms. The second kappa shape index (κ2) is 3.55. The molecule has 0 spiro atoms. The van der Waals surface area contributed by atoms with Gasteiger partial charge in [-0.15, -0.1) is 0 Å². The van der Waals surface area contributed by atoms with E-state index in [9.17, 15) is 0 Å². The SMILES string of the molecule is CCC1(C)CC(NC)CCO1. The zero-order valence-corrected chi connectivity index (χ0v) is 7.81. The van der Waals surface area contributed by atoms with Gasteiger partial charge in [-0.2, -0.15) is 0 Å². The van der Waals surface area contributed by atoms with E-state index >= 15 is 0 Å². The Morgan fingerprint density at radius 3 is 2.91 bits per heavy atom. The van der Waals surface area contributed by atoms with Crippen LogP contribution in [0.2, 0.25) is 0 Å². The minimum absolute atomic E-state index is 0.131. The van der Waals surface area contributed by atoms with Gasteiger partial charge < -0.3 is 10.1 Å². The van der Waals surface area contributed by atoms with Crippen LogP contribution in [-0.2, 0) is 4.74 Å². The van der Waals surface area contributed by atoms with Crippen LogP contribution in [0.5, 0.6) is 0 Å². The molecule has 2 atom stereocenters. The summed E-state index contributed by atoms with van der Waals surface area (Å²) in [6.45, 7) is 5.31. The normalized spacial score (nSPS) is 39.0. The third kappa shape index (κ3) is 2.17. The summed E-state index contributed by atoms with van der Waals surface area (Å²) in [6.07, 6.45) is 3.43. The highest BCUT2D eigenvalue weighted by molar-refractivity contribution is 4.84. The van der Waals surface area contributed by atoms with Gasteiger partial charge in [-0.05, 0) is 33.2 Å². The fourth-order valence-corrected chi connectivity index (χ4v) is 1.62. The third-order valence-electron chi connectivity index (χ3n) is 2.75. The van der Waals surface area contributed by atoms with Crippen LogP contribution in [0.1, 0.15) is 33.1 Å². The van der Waals surface area contributed by atoms with Gasteiger partial charge in [0.25, 0.3) is 0 Å². The lowest BCUT2D eigenvalue weighted by Gasteiger charge is -2.37. The van der Waals surface area contributed by atoms with Gasteiger partial charge in [0, 0.05) is 12.6 Å². The first-order valence-electron chi connectivity index (χ1n) is 4.51. The van der Waals surface area contributed by atoms with Crippen LogP contribution in [-0.4, -0.2) is 25.3 Å². The van der Waals surface area contributed by atoms with Gasteiger partial charge in [-0.1, -0.05) is 6.92 Å². The standard InChI is InChI=1S/C9H19NO/c1-4-9(2)7-8(10-3)5-6-11-9/h8,10H,4-7H2,1-3H3. The van der Waals surface area contributed by atoms with E-state index in [1.807, 2.05) is 7.05 Å². The van der Waals surface area contributed by atoms with Crippen molar-refractivity contribution in [2.75, 3.05) is 13.7 Å². The molecule has 1 aliphatic rings. The minimum atomic E-state index is 0.131. The molecule has 0 aromatic rings. The number of ether oxygens (including phenoxy) is 1. The topological polar surface area (TPSA) is 21.3 Å². The number of nitrogens with one attached hydrogen (secondary N) is 1. The fourth-order valence-electron chi connectivity index (χ4n) is 1.62. The van der Waals surface area contributed by atoms with Crippen molar-refractivity contribution in [1.29, 1.82) is 0 Å². The largest absolute Gasteiger partial charge is 0.375 e. The fraction of sp³-hybridized carbons (Fsp3) is 1.00. The molecule has 2 nitrogen and oxygen atoms in total. The van der Waals surface area contributed by atoms with Gasteiger partial charge in [0.05, 0.1) is 5.60 Å². The van der Waals surface area contributed by atoms with Gasteiger partial charge in [0.15, 0.2) is 0 Å². The van der Waals surface area contributed by atoms with E-state index in [1.54, 1.807) is 0 Å². The maximum atomic E-state index is 5.71. The van der Waals surface area contributed by atoms with E-state index in [2.05, 4.69) is 19.2 Å². The molecule has 0 aromatic carbocycles. The Bertz CT molecular complexity index is 127. The van der Waals surface area contributed by atoms with Crippen molar-refractivity contribution >= 4 is 0 Å². The summed E-state index contributed by atoms with van der Waals surface area (Å²) in [7, 11) is 2.03. The smallest absolute Gasteiger partial charge is 0.0666 e. The summed E-state index contributed by atoms with van der Waals surface area (Å²) in [5.41, 5.74) is 0.131. The Hall–Kier alpha value is -0.0800. The van der Waals surface area contributed by atoms with Crippen molar-refractivity contribution in [3.8, 4) is 0 Å². The first-order chi connectivity index (χ1) is 5.20. The average molecular weight is 157 g/mol. The summed E-state index contributed by atoms with van der Waals surface area (Å²) >= 11 is 0. The average Bonchev–Trinajstić information content (AvgIpc) is 2.05. The van der Waals surface area contributed by atoms with Crippen molar-refractivity contribution in [3.05, 3.63) is 0 Å². The predicted octanol–water partition coefficient (Wildman–Crippen LogP) is 1.55. The van der Waals surface area contributed by atoms with Gasteiger partial charge in [-0.3, -0.25) is 0 Å². The summed E-state index contributed by atoms with van der Waals surface area (Å²) < 4.78 is 5.71. The van der Waals surface area contributed by atoms with Gasteiger partial charge in [0.1, 0.15) is 0 Å². The first-order valence-corrected chi connectivity index (χ1v) is 4.51. The maximum Gasteiger partial charge on any atom is 0.0666 e. The zero-order valence-electron chi connectivity index (χ0n) is 7.81. The Morgan fingerprint density at radius 1 is 1.64 bits per heavy atom. The van der Waals surface area contributed by atoms with Crippen LogP contribution in [0.25, 0.3) is 0 Å². The molecule has 0 aliphatic carbocycles. The van der Waals surface area contributed by atoms with Crippen LogP contribution in [0.3, 0.4) is 0 Å². The van der Waals surface area contributed by atoms with Gasteiger partial charge >= 0.3 is 0 Å². The number of hydrogen-bond acceptors (Lipinski definition) is 2. The quantitative estimate of drug-likeness (QED) is 0.656. The van der Waals surface area contributed by atoms with E-state index in [-0.39, 0.29) is 5.60 Å². The monoisotopic (exact) mass is 157 g/mol. The van der Waals surface area contributed by atoms with Crippen LogP contribution in [0.4, 0.5) is 0 Å². The van der Waals surface area contributed by atoms with Gasteiger partial charge in [-0.25, -0.2) is 0 Å². The molecule has 66 valence electrons. The van der Waals surface area contributed by atoms with Crippen molar-refractivity contribution < 1.29 is 4.74 Å². The highest BCUT2D eigenvalue weighted by Crippen LogP contribution is 2.27. The molecule has 1 heterocycles. The minimum Gasteiger partial charge on any atom is -0.375 e. The predicted molar refractivity (Wildman–Crippen MR) is 46.7 cm³/mol. The number of hydrogen-bond donors (Lipinski definition) is 1. The third-order valence-corrected chi connectivity index (χ3v) is 2.75. The molecule has 0 saturated carbocycles. The molecule has 2 heteroatoms. The maximum absolute atomic E-state index is 5.71. The lowest BCUT2D eigenvalue weighted by molar-refractivity contribution is -0.0770. The molecule has 0 radical (unpaired) electrons. The highest BCUT2D eigenvalue weighted by atomic mass is 16.5. The molecule has 1 aliphatic heterocycles. The molecule has 1 rings (SSSR count). The van der Waals surface area contributed by atoms with Crippen molar-refractivity contribution in [2.24, 2.45) is 0 Å². The van der Waals surface area contributed by atoms with Crippen LogP contribution in [0.15, 0.2) is 0 Å². The molecular formula is C9H19NO. The molecule has 2 unspecified atom stereocenters. The van der Waals surface area contributed by atoms with E-state index in [0.717, 1.165) is 25.9 Å². The van der Waals surface area contributed by atoms with Gasteiger partial charge in [0.2, 0.25) is 0 Å². The first kappa shape index (κ1) is 9.01. The highest BCUT2D eigenvalue weighted by Gasteiger charge is 2.30. The Morgan fingerprint density at radius 2 is 2.36 bits per heavy atom. The summed E-state index contributed by atoms with van der Waals surface area (Å²) in [5, 5.41) is 3.31. The Labute approximate surface area is 69.3 Å². The lowest BCUT2D eigenvalue weighted by atomic mass is 9.90. The van der Waals surface area contributed by atoms with E-state index < -0.39 is 0 Å². The Balaban J connectivity index is 2.44. The van der Waals surface area contributed by atoms with E-state index in [1.165, 1.54) is 0 Å². The summed E-state index contributed by atoms with van der Waals surface area (Å²) in [6, 6.07) is 0.661. The van der Waals surface area contributed by atoms with Crippen molar-refractivity contribution in [3.63, 3.8) is 0 Å². The van der Waals surface area contributed by atoms with Crippen LogP contribution < -0.4 is 5.32 Å². The van der Waals surface area contributed by atoms with E-state index in [0.29, 0.717) is 6.04 Å². The summed E-state index contributed by atoms with van der Waals surface area (Å²) in [4.78, 5) is 0. The molecule has 1 fully saturated rings. The molecule has 0 aromatic heterocycles.